The molecular weight excluding hydrogens is 274 g/mol. The van der Waals surface area contributed by atoms with Crippen molar-refractivity contribution in [2.75, 3.05) is 26.3 Å². The first kappa shape index (κ1) is 16.8. The van der Waals surface area contributed by atoms with Gasteiger partial charge in [-0.1, -0.05) is 12.1 Å². The minimum atomic E-state index is -0.175. The highest BCUT2D eigenvalue weighted by molar-refractivity contribution is 5.97. The first-order valence-corrected chi connectivity index (χ1v) is 6.71. The van der Waals surface area contributed by atoms with Gasteiger partial charge < -0.3 is 25.7 Å². The molecule has 7 heteroatoms. The number of hydrogen-bond acceptors (Lipinski definition) is 5. The summed E-state index contributed by atoms with van der Waals surface area (Å²) in [6.07, 6.45) is 0.820. The Morgan fingerprint density at radius 1 is 1.33 bits per heavy atom. The maximum Gasteiger partial charge on any atom is 0.260 e. The topological polar surface area (TPSA) is 108 Å². The van der Waals surface area contributed by atoms with Crippen molar-refractivity contribution < 1.29 is 19.8 Å². The molecule has 0 spiro atoms. The molecule has 0 radical (unpaired) electrons. The van der Waals surface area contributed by atoms with Crippen LogP contribution in [0.2, 0.25) is 0 Å². The summed E-state index contributed by atoms with van der Waals surface area (Å²) in [5, 5.41) is 20.4. The second-order valence-electron chi connectivity index (χ2n) is 4.40. The summed E-state index contributed by atoms with van der Waals surface area (Å²) in [5.41, 5.74) is 6.01. The Morgan fingerprint density at radius 2 is 2.00 bits per heavy atom. The molecule has 0 aliphatic heterocycles. The van der Waals surface area contributed by atoms with Gasteiger partial charge in [-0.2, -0.15) is 0 Å². The number of nitrogens with two attached hydrogens (primary N) is 1. The molecule has 1 aromatic rings. The Morgan fingerprint density at radius 3 is 2.52 bits per heavy atom. The van der Waals surface area contributed by atoms with Crippen LogP contribution in [-0.4, -0.2) is 53.3 Å². The highest BCUT2D eigenvalue weighted by atomic mass is 16.5. The third kappa shape index (κ3) is 5.31. The molecule has 0 aliphatic carbocycles. The summed E-state index contributed by atoms with van der Waals surface area (Å²) in [4.78, 5) is 13.5. The summed E-state index contributed by atoms with van der Waals surface area (Å²) in [6.45, 7) is 2.69. The Balaban J connectivity index is 2.56. The zero-order valence-corrected chi connectivity index (χ0v) is 12.0. The minimum absolute atomic E-state index is 0.00898. The largest absolute Gasteiger partial charge is 0.484 e. The summed E-state index contributed by atoms with van der Waals surface area (Å²) >= 11 is 0. The summed E-state index contributed by atoms with van der Waals surface area (Å²) in [6, 6.07) is 6.53. The predicted molar refractivity (Wildman–Crippen MR) is 78.4 cm³/mol. The standard InChI is InChI=1S/C14H21N3O4/c1-2-7-17(8-9-18)13(19)10-21-12-5-3-11(4-6-12)14(15)16-20/h3-6,18,20H,2,7-10H2,1H3,(H2,15,16). The van der Waals surface area contributed by atoms with Gasteiger partial charge in [0.05, 0.1) is 6.61 Å². The fourth-order valence-corrected chi connectivity index (χ4v) is 1.77. The van der Waals surface area contributed by atoms with E-state index in [0.29, 0.717) is 24.4 Å². The van der Waals surface area contributed by atoms with Gasteiger partial charge in [0.25, 0.3) is 5.91 Å². The Kier molecular flexibility index (Phi) is 7.03. The Labute approximate surface area is 123 Å². The highest BCUT2D eigenvalue weighted by Gasteiger charge is 2.12. The number of carbonyl (C=O) groups excluding carboxylic acids is 1. The van der Waals surface area contributed by atoms with Crippen molar-refractivity contribution in [2.45, 2.75) is 13.3 Å². The summed E-state index contributed by atoms with van der Waals surface area (Å²) < 4.78 is 5.39. The fraction of sp³-hybridized carbons (Fsp3) is 0.429. The van der Waals surface area contributed by atoms with Crippen LogP contribution in [0.15, 0.2) is 29.4 Å². The van der Waals surface area contributed by atoms with E-state index in [4.69, 9.17) is 20.8 Å². The number of nitrogens with zero attached hydrogens (tertiary/aromatic N) is 2. The van der Waals surface area contributed by atoms with Gasteiger partial charge in [-0.15, -0.1) is 0 Å². The molecule has 4 N–H and O–H groups in total. The number of aliphatic hydroxyl groups excluding tert-OH is 1. The maximum atomic E-state index is 11.9. The van der Waals surface area contributed by atoms with E-state index in [2.05, 4.69) is 5.16 Å². The van der Waals surface area contributed by atoms with Crippen molar-refractivity contribution >= 4 is 11.7 Å². The van der Waals surface area contributed by atoms with E-state index in [0.717, 1.165) is 6.42 Å². The minimum Gasteiger partial charge on any atom is -0.484 e. The lowest BCUT2D eigenvalue weighted by Gasteiger charge is -2.21. The number of oxime groups is 1. The molecule has 1 rings (SSSR count). The first-order valence-electron chi connectivity index (χ1n) is 6.71. The zero-order chi connectivity index (χ0) is 15.7. The lowest BCUT2D eigenvalue weighted by molar-refractivity contribution is -0.133. The highest BCUT2D eigenvalue weighted by Crippen LogP contribution is 2.12. The van der Waals surface area contributed by atoms with E-state index >= 15 is 0 Å². The van der Waals surface area contributed by atoms with Crippen LogP contribution in [-0.2, 0) is 4.79 Å². The van der Waals surface area contributed by atoms with Crippen molar-refractivity contribution in [3.05, 3.63) is 29.8 Å². The van der Waals surface area contributed by atoms with Gasteiger partial charge in [0, 0.05) is 18.7 Å². The molecule has 1 aromatic carbocycles. The molecule has 0 saturated carbocycles. The predicted octanol–water partition coefficient (Wildman–Crippen LogP) is 0.391. The fourth-order valence-electron chi connectivity index (χ4n) is 1.77. The van der Waals surface area contributed by atoms with Crippen LogP contribution in [0.5, 0.6) is 5.75 Å². The van der Waals surface area contributed by atoms with Gasteiger partial charge in [-0.3, -0.25) is 4.79 Å². The Hall–Kier alpha value is -2.28. The van der Waals surface area contributed by atoms with Crippen LogP contribution in [0.3, 0.4) is 0 Å². The molecule has 21 heavy (non-hydrogen) atoms. The van der Waals surface area contributed by atoms with Crippen molar-refractivity contribution in [3.63, 3.8) is 0 Å². The quantitative estimate of drug-likeness (QED) is 0.278. The van der Waals surface area contributed by atoms with Gasteiger partial charge in [0.1, 0.15) is 5.75 Å². The molecular formula is C14H21N3O4. The van der Waals surface area contributed by atoms with Crippen LogP contribution >= 0.6 is 0 Å². The van der Waals surface area contributed by atoms with Crippen molar-refractivity contribution in [3.8, 4) is 5.75 Å². The average Bonchev–Trinajstić information content (AvgIpc) is 2.52. The van der Waals surface area contributed by atoms with Gasteiger partial charge in [0.2, 0.25) is 0 Å². The zero-order valence-electron chi connectivity index (χ0n) is 12.0. The van der Waals surface area contributed by atoms with E-state index < -0.39 is 0 Å². The number of ether oxygens (including phenoxy) is 1. The van der Waals surface area contributed by atoms with Crippen molar-refractivity contribution in [1.82, 2.24) is 4.90 Å². The SMILES string of the molecule is CCCN(CCO)C(=O)COc1ccc(C(N)=NO)cc1. The molecule has 0 atom stereocenters. The van der Waals surface area contributed by atoms with Crippen LogP contribution < -0.4 is 10.5 Å². The number of benzene rings is 1. The molecule has 0 aromatic heterocycles. The third-order valence-corrected chi connectivity index (χ3v) is 2.84. The summed E-state index contributed by atoms with van der Waals surface area (Å²) in [5.74, 6) is 0.347. The molecule has 0 heterocycles. The van der Waals surface area contributed by atoms with Gasteiger partial charge >= 0.3 is 0 Å². The van der Waals surface area contributed by atoms with Gasteiger partial charge in [-0.05, 0) is 30.7 Å². The number of rotatable bonds is 8. The molecule has 1 amide bonds. The molecule has 7 nitrogen and oxygen atoms in total. The Bertz CT molecular complexity index is 468. The van der Waals surface area contributed by atoms with Crippen LogP contribution in [0.4, 0.5) is 0 Å². The van der Waals surface area contributed by atoms with E-state index in [-0.39, 0.29) is 25.0 Å². The molecule has 0 unspecified atom stereocenters. The van der Waals surface area contributed by atoms with E-state index in [9.17, 15) is 4.79 Å². The molecule has 116 valence electrons. The molecule has 0 aliphatic rings. The average molecular weight is 295 g/mol. The smallest absolute Gasteiger partial charge is 0.260 e. The molecule has 0 saturated heterocycles. The number of carbonyl (C=O) groups is 1. The maximum absolute atomic E-state index is 11.9. The van der Waals surface area contributed by atoms with E-state index in [1.54, 1.807) is 29.2 Å². The van der Waals surface area contributed by atoms with Crippen molar-refractivity contribution in [1.29, 1.82) is 0 Å². The number of aliphatic hydroxyl groups is 1. The normalized spacial score (nSPS) is 11.2. The molecule has 0 bridgehead atoms. The van der Waals surface area contributed by atoms with Crippen molar-refractivity contribution in [2.24, 2.45) is 10.9 Å². The third-order valence-electron chi connectivity index (χ3n) is 2.84. The van der Waals surface area contributed by atoms with Crippen LogP contribution in [0.25, 0.3) is 0 Å². The number of amides is 1. The lowest BCUT2D eigenvalue weighted by atomic mass is 10.2. The monoisotopic (exact) mass is 295 g/mol. The van der Waals surface area contributed by atoms with Gasteiger partial charge in [0.15, 0.2) is 12.4 Å². The second-order valence-corrected chi connectivity index (χ2v) is 4.40. The second kappa shape index (κ2) is 8.80. The number of hydrogen-bond donors (Lipinski definition) is 3. The summed E-state index contributed by atoms with van der Waals surface area (Å²) in [7, 11) is 0. The van der Waals surface area contributed by atoms with E-state index in [1.807, 2.05) is 6.92 Å². The first-order chi connectivity index (χ1) is 10.1. The van der Waals surface area contributed by atoms with Crippen LogP contribution in [0.1, 0.15) is 18.9 Å². The lowest BCUT2D eigenvalue weighted by Crippen LogP contribution is -2.37. The molecule has 0 fully saturated rings. The van der Waals surface area contributed by atoms with E-state index in [1.165, 1.54) is 0 Å². The van der Waals surface area contributed by atoms with Gasteiger partial charge in [-0.25, -0.2) is 0 Å². The van der Waals surface area contributed by atoms with Crippen LogP contribution in [0, 0.1) is 0 Å². The number of amidine groups is 1.